The Morgan fingerprint density at radius 2 is 2.10 bits per heavy atom. The summed E-state index contributed by atoms with van der Waals surface area (Å²) < 4.78 is 5.08. The number of benzene rings is 1. The molecule has 0 aliphatic carbocycles. The number of H-pyrrole nitrogens is 1. The van der Waals surface area contributed by atoms with Gasteiger partial charge in [0.2, 0.25) is 5.91 Å². The Kier molecular flexibility index (Phi) is 4.45. The summed E-state index contributed by atoms with van der Waals surface area (Å²) in [6, 6.07) is 6.33. The molecule has 0 atom stereocenters. The lowest BCUT2D eigenvalue weighted by atomic mass is 10.2. The van der Waals surface area contributed by atoms with Crippen molar-refractivity contribution in [3.8, 4) is 0 Å². The molecule has 0 aliphatic rings. The number of hydrogen-bond donors (Lipinski definition) is 2. The van der Waals surface area contributed by atoms with Gasteiger partial charge in [0.05, 0.1) is 5.56 Å². The highest BCUT2D eigenvalue weighted by atomic mass is 16.5. The number of aromatic nitrogens is 3. The molecule has 0 bridgehead atoms. The summed E-state index contributed by atoms with van der Waals surface area (Å²) in [5, 5.41) is 9.12. The minimum Gasteiger partial charge on any atom is -0.454 e. The highest BCUT2D eigenvalue weighted by Crippen LogP contribution is 2.11. The maximum Gasteiger partial charge on any atom is 0.338 e. The second-order valence-electron chi connectivity index (χ2n) is 4.18. The molecule has 7 heteroatoms. The highest BCUT2D eigenvalue weighted by molar-refractivity contribution is 5.99. The number of esters is 1. The van der Waals surface area contributed by atoms with Gasteiger partial charge in [-0.15, -0.1) is 0 Å². The number of hydrogen-bond acceptors (Lipinski definition) is 5. The van der Waals surface area contributed by atoms with Crippen molar-refractivity contribution in [2.75, 3.05) is 5.32 Å². The zero-order chi connectivity index (χ0) is 15.2. The molecule has 0 unspecified atom stereocenters. The third-order valence-corrected chi connectivity index (χ3v) is 2.55. The third kappa shape index (κ3) is 4.00. The van der Waals surface area contributed by atoms with E-state index in [-0.39, 0.29) is 12.5 Å². The molecule has 1 amide bonds. The van der Waals surface area contributed by atoms with Crippen molar-refractivity contribution in [3.05, 3.63) is 54.1 Å². The zero-order valence-electron chi connectivity index (χ0n) is 11.4. The Morgan fingerprint density at radius 3 is 2.67 bits per heavy atom. The van der Waals surface area contributed by atoms with Crippen molar-refractivity contribution in [2.45, 2.75) is 13.5 Å². The Labute approximate surface area is 121 Å². The molecule has 1 heterocycles. The number of carbonyl (C=O) groups excluding carboxylic acids is 2. The minimum absolute atomic E-state index is 0.00186. The van der Waals surface area contributed by atoms with Crippen LogP contribution in [0.5, 0.6) is 0 Å². The molecular weight excluding hydrogens is 272 g/mol. The summed E-state index contributed by atoms with van der Waals surface area (Å²) in [5.74, 6) is 0.267. The van der Waals surface area contributed by atoms with Gasteiger partial charge in [0.25, 0.3) is 0 Å². The first-order chi connectivity index (χ1) is 10.1. The van der Waals surface area contributed by atoms with Crippen LogP contribution in [0.1, 0.15) is 22.0 Å². The Morgan fingerprint density at radius 1 is 1.38 bits per heavy atom. The van der Waals surface area contributed by atoms with Crippen LogP contribution >= 0.6 is 0 Å². The van der Waals surface area contributed by atoms with E-state index in [4.69, 9.17) is 4.74 Å². The molecule has 2 N–H and O–H groups in total. The predicted octanol–water partition coefficient (Wildman–Crippen LogP) is 1.59. The van der Waals surface area contributed by atoms with E-state index in [9.17, 15) is 9.59 Å². The van der Waals surface area contributed by atoms with Gasteiger partial charge in [0.1, 0.15) is 5.82 Å². The van der Waals surface area contributed by atoms with Gasteiger partial charge in [0.15, 0.2) is 12.4 Å². The van der Waals surface area contributed by atoms with E-state index in [0.717, 1.165) is 0 Å². The van der Waals surface area contributed by atoms with Crippen LogP contribution in [-0.2, 0) is 16.1 Å². The molecule has 21 heavy (non-hydrogen) atoms. The van der Waals surface area contributed by atoms with E-state index in [0.29, 0.717) is 22.9 Å². The van der Waals surface area contributed by atoms with E-state index in [1.54, 1.807) is 31.2 Å². The first kappa shape index (κ1) is 14.4. The monoisotopic (exact) mass is 286 g/mol. The number of ether oxygens (including phenoxy) is 1. The molecule has 0 fully saturated rings. The first-order valence-electron chi connectivity index (χ1n) is 6.17. The van der Waals surface area contributed by atoms with Crippen LogP contribution in [0.15, 0.2) is 36.9 Å². The van der Waals surface area contributed by atoms with E-state index in [2.05, 4.69) is 27.1 Å². The molecule has 0 saturated carbocycles. The number of aryl methyl sites for hydroxylation is 1. The maximum absolute atomic E-state index is 11.8. The van der Waals surface area contributed by atoms with Crippen molar-refractivity contribution in [1.82, 2.24) is 15.2 Å². The van der Waals surface area contributed by atoms with E-state index in [1.807, 2.05) is 0 Å². The van der Waals surface area contributed by atoms with Crippen LogP contribution in [0.25, 0.3) is 0 Å². The molecular formula is C14H14N4O3. The van der Waals surface area contributed by atoms with Crippen molar-refractivity contribution in [3.63, 3.8) is 0 Å². The average Bonchev–Trinajstić information content (AvgIpc) is 2.91. The Hall–Kier alpha value is -2.96. The predicted molar refractivity (Wildman–Crippen MR) is 75.5 cm³/mol. The van der Waals surface area contributed by atoms with E-state index < -0.39 is 5.97 Å². The lowest BCUT2D eigenvalue weighted by Gasteiger charge is -2.04. The normalized spacial score (nSPS) is 9.95. The third-order valence-electron chi connectivity index (χ3n) is 2.55. The summed E-state index contributed by atoms with van der Waals surface area (Å²) >= 11 is 0. The smallest absolute Gasteiger partial charge is 0.338 e. The largest absolute Gasteiger partial charge is 0.454 e. The second kappa shape index (κ2) is 6.47. The van der Waals surface area contributed by atoms with Crippen molar-refractivity contribution in [2.24, 2.45) is 0 Å². The molecule has 0 saturated heterocycles. The number of aromatic amines is 1. The van der Waals surface area contributed by atoms with Crippen molar-refractivity contribution in [1.29, 1.82) is 0 Å². The van der Waals surface area contributed by atoms with Gasteiger partial charge in [-0.25, -0.2) is 9.78 Å². The number of amides is 1. The number of nitrogens with one attached hydrogen (secondary N) is 2. The average molecular weight is 286 g/mol. The summed E-state index contributed by atoms with van der Waals surface area (Å²) in [7, 11) is 0. The SMILES string of the molecule is C=CC(=O)Nc1ccc(C(=O)OCc2n[nH]c(C)n2)cc1. The van der Waals surface area contributed by atoms with Crippen molar-refractivity contribution < 1.29 is 14.3 Å². The molecule has 2 aromatic rings. The topological polar surface area (TPSA) is 97.0 Å². The number of rotatable bonds is 5. The fourth-order valence-electron chi connectivity index (χ4n) is 1.55. The summed E-state index contributed by atoms with van der Waals surface area (Å²) in [6.07, 6.45) is 1.17. The van der Waals surface area contributed by atoms with Crippen molar-refractivity contribution >= 4 is 17.6 Å². The lowest BCUT2D eigenvalue weighted by molar-refractivity contribution is -0.111. The molecule has 2 rings (SSSR count). The number of anilines is 1. The van der Waals surface area contributed by atoms with Crippen LogP contribution < -0.4 is 5.32 Å². The van der Waals surface area contributed by atoms with Gasteiger partial charge < -0.3 is 10.1 Å². The molecule has 7 nitrogen and oxygen atoms in total. The van der Waals surface area contributed by atoms with Crippen LogP contribution in [0, 0.1) is 6.92 Å². The zero-order valence-corrected chi connectivity index (χ0v) is 11.4. The van der Waals surface area contributed by atoms with Gasteiger partial charge in [-0.05, 0) is 37.3 Å². The van der Waals surface area contributed by atoms with E-state index >= 15 is 0 Å². The maximum atomic E-state index is 11.8. The molecule has 108 valence electrons. The summed E-state index contributed by atoms with van der Waals surface area (Å²) in [4.78, 5) is 27.0. The molecule has 0 radical (unpaired) electrons. The first-order valence-corrected chi connectivity index (χ1v) is 6.17. The van der Waals surface area contributed by atoms with Crippen LogP contribution in [-0.4, -0.2) is 27.1 Å². The number of carbonyl (C=O) groups is 2. The highest BCUT2D eigenvalue weighted by Gasteiger charge is 2.09. The Bertz CT molecular complexity index is 661. The van der Waals surface area contributed by atoms with Gasteiger partial charge in [-0.1, -0.05) is 6.58 Å². The van der Waals surface area contributed by atoms with Gasteiger partial charge in [-0.2, -0.15) is 5.10 Å². The number of nitrogens with zero attached hydrogens (tertiary/aromatic N) is 2. The minimum atomic E-state index is -0.487. The fraction of sp³-hybridized carbons (Fsp3) is 0.143. The van der Waals surface area contributed by atoms with Gasteiger partial charge in [-0.3, -0.25) is 9.89 Å². The summed E-state index contributed by atoms with van der Waals surface area (Å²) in [6.45, 7) is 5.11. The van der Waals surface area contributed by atoms with Crippen LogP contribution in [0.3, 0.4) is 0 Å². The molecule has 1 aromatic heterocycles. The fourth-order valence-corrected chi connectivity index (χ4v) is 1.55. The van der Waals surface area contributed by atoms with E-state index in [1.165, 1.54) is 6.08 Å². The molecule has 0 spiro atoms. The molecule has 1 aromatic carbocycles. The lowest BCUT2D eigenvalue weighted by Crippen LogP contribution is -2.09. The Balaban J connectivity index is 1.93. The van der Waals surface area contributed by atoms with Gasteiger partial charge >= 0.3 is 5.97 Å². The second-order valence-corrected chi connectivity index (χ2v) is 4.18. The molecule has 0 aliphatic heterocycles. The van der Waals surface area contributed by atoms with Crippen LogP contribution in [0.2, 0.25) is 0 Å². The van der Waals surface area contributed by atoms with Crippen LogP contribution in [0.4, 0.5) is 5.69 Å². The van der Waals surface area contributed by atoms with Gasteiger partial charge in [0, 0.05) is 5.69 Å². The summed E-state index contributed by atoms with van der Waals surface area (Å²) in [5.41, 5.74) is 0.944. The quantitative estimate of drug-likeness (QED) is 0.642. The standard InChI is InChI=1S/C14H14N4O3/c1-3-13(19)16-11-6-4-10(5-7-11)14(20)21-8-12-15-9(2)17-18-12/h3-7H,1,8H2,2H3,(H,16,19)(H,15,17,18).